The molecule has 3 nitrogen and oxygen atoms in total. The monoisotopic (exact) mass is 194 g/mol. The molecule has 1 aliphatic rings. The zero-order valence-corrected chi connectivity index (χ0v) is 8.48. The molecule has 2 N–H and O–H groups in total. The van der Waals surface area contributed by atoms with Crippen molar-refractivity contribution in [1.29, 1.82) is 0 Å². The molecule has 1 fully saturated rings. The highest BCUT2D eigenvalue weighted by molar-refractivity contribution is 5.05. The molecule has 0 saturated carbocycles. The number of furan rings is 1. The fourth-order valence-corrected chi connectivity index (χ4v) is 2.16. The topological polar surface area (TPSA) is 42.4 Å². The van der Waals surface area contributed by atoms with Crippen molar-refractivity contribution in [3.8, 4) is 0 Å². The van der Waals surface area contributed by atoms with Crippen LogP contribution in [-0.4, -0.2) is 24.5 Å². The normalized spacial score (nSPS) is 20.9. The van der Waals surface area contributed by atoms with Crippen LogP contribution in [0.5, 0.6) is 0 Å². The first-order valence-electron chi connectivity index (χ1n) is 5.39. The first-order valence-corrected chi connectivity index (χ1v) is 5.39. The Labute approximate surface area is 84.9 Å². The predicted molar refractivity (Wildman–Crippen MR) is 55.9 cm³/mol. The van der Waals surface area contributed by atoms with Crippen LogP contribution in [0.25, 0.3) is 0 Å². The molecule has 1 unspecified atom stereocenters. The molecule has 0 radical (unpaired) electrons. The Kier molecular flexibility index (Phi) is 3.22. The third kappa shape index (κ3) is 1.99. The highest BCUT2D eigenvalue weighted by Crippen LogP contribution is 2.23. The summed E-state index contributed by atoms with van der Waals surface area (Å²) in [6.45, 7) is 2.96. The SMILES string of the molecule is NCC(c1ccco1)N1CCCCC1. The summed E-state index contributed by atoms with van der Waals surface area (Å²) < 4.78 is 5.42. The van der Waals surface area contributed by atoms with E-state index >= 15 is 0 Å². The molecule has 14 heavy (non-hydrogen) atoms. The largest absolute Gasteiger partial charge is 0.468 e. The van der Waals surface area contributed by atoms with E-state index in [4.69, 9.17) is 10.2 Å². The molecule has 1 atom stereocenters. The number of likely N-dealkylation sites (tertiary alicyclic amines) is 1. The molecule has 1 aromatic heterocycles. The van der Waals surface area contributed by atoms with Crippen molar-refractivity contribution in [3.63, 3.8) is 0 Å². The van der Waals surface area contributed by atoms with Gasteiger partial charge in [-0.25, -0.2) is 0 Å². The molecule has 0 aromatic carbocycles. The lowest BCUT2D eigenvalue weighted by atomic mass is 10.1. The van der Waals surface area contributed by atoms with Crippen LogP contribution >= 0.6 is 0 Å². The molecule has 78 valence electrons. The molecule has 1 aromatic rings. The Hall–Kier alpha value is -0.800. The van der Waals surface area contributed by atoms with Crippen molar-refractivity contribution in [2.45, 2.75) is 25.3 Å². The van der Waals surface area contributed by atoms with Crippen molar-refractivity contribution in [2.24, 2.45) is 5.73 Å². The molecule has 1 aliphatic heterocycles. The van der Waals surface area contributed by atoms with Crippen LogP contribution in [0.15, 0.2) is 22.8 Å². The van der Waals surface area contributed by atoms with E-state index in [1.807, 2.05) is 12.1 Å². The first-order chi connectivity index (χ1) is 6.92. The number of piperidine rings is 1. The van der Waals surface area contributed by atoms with Gasteiger partial charge in [-0.2, -0.15) is 0 Å². The molecule has 3 heteroatoms. The van der Waals surface area contributed by atoms with E-state index in [-0.39, 0.29) is 6.04 Å². The van der Waals surface area contributed by atoms with E-state index in [1.54, 1.807) is 6.26 Å². The van der Waals surface area contributed by atoms with Crippen molar-refractivity contribution >= 4 is 0 Å². The highest BCUT2D eigenvalue weighted by Gasteiger charge is 2.22. The maximum atomic E-state index is 5.79. The average Bonchev–Trinajstić information content (AvgIpc) is 2.74. The van der Waals surface area contributed by atoms with Crippen LogP contribution in [0, 0.1) is 0 Å². The van der Waals surface area contributed by atoms with Crippen LogP contribution < -0.4 is 5.73 Å². The molecule has 2 heterocycles. The summed E-state index contributed by atoms with van der Waals surface area (Å²) in [6.07, 6.45) is 5.66. The van der Waals surface area contributed by atoms with Crippen LogP contribution in [0.3, 0.4) is 0 Å². The standard InChI is InChI=1S/C11H18N2O/c12-9-10(11-5-4-8-14-11)13-6-2-1-3-7-13/h4-5,8,10H,1-3,6-7,9,12H2. The molecular formula is C11H18N2O. The molecular weight excluding hydrogens is 176 g/mol. The van der Waals surface area contributed by atoms with Crippen molar-refractivity contribution in [1.82, 2.24) is 4.90 Å². The maximum Gasteiger partial charge on any atom is 0.122 e. The van der Waals surface area contributed by atoms with Gasteiger partial charge in [-0.05, 0) is 38.1 Å². The van der Waals surface area contributed by atoms with E-state index in [1.165, 1.54) is 19.3 Å². The third-order valence-corrected chi connectivity index (χ3v) is 2.93. The second kappa shape index (κ2) is 4.62. The number of nitrogens with two attached hydrogens (primary N) is 1. The van der Waals surface area contributed by atoms with Gasteiger partial charge in [0.05, 0.1) is 12.3 Å². The van der Waals surface area contributed by atoms with Gasteiger partial charge in [0, 0.05) is 6.54 Å². The van der Waals surface area contributed by atoms with E-state index in [0.29, 0.717) is 6.54 Å². The van der Waals surface area contributed by atoms with Gasteiger partial charge in [-0.15, -0.1) is 0 Å². The quantitative estimate of drug-likeness (QED) is 0.797. The van der Waals surface area contributed by atoms with Crippen LogP contribution in [0.1, 0.15) is 31.1 Å². The zero-order valence-electron chi connectivity index (χ0n) is 8.48. The Balaban J connectivity index is 2.04. The maximum absolute atomic E-state index is 5.79. The molecule has 0 bridgehead atoms. The highest BCUT2D eigenvalue weighted by atomic mass is 16.3. The molecule has 2 rings (SSSR count). The Morgan fingerprint density at radius 1 is 1.36 bits per heavy atom. The summed E-state index contributed by atoms with van der Waals surface area (Å²) in [4.78, 5) is 2.43. The van der Waals surface area contributed by atoms with Gasteiger partial charge in [0.25, 0.3) is 0 Å². The minimum Gasteiger partial charge on any atom is -0.468 e. The second-order valence-corrected chi connectivity index (χ2v) is 3.86. The Morgan fingerprint density at radius 2 is 2.14 bits per heavy atom. The van der Waals surface area contributed by atoms with Crippen molar-refractivity contribution in [2.75, 3.05) is 19.6 Å². The molecule has 0 aliphatic carbocycles. The summed E-state index contributed by atoms with van der Waals surface area (Å²) in [5.74, 6) is 1.01. The molecule has 1 saturated heterocycles. The number of nitrogens with zero attached hydrogens (tertiary/aromatic N) is 1. The summed E-state index contributed by atoms with van der Waals surface area (Å²) in [5, 5.41) is 0. The van der Waals surface area contributed by atoms with Gasteiger partial charge in [-0.3, -0.25) is 4.90 Å². The first kappa shape index (κ1) is 9.74. The van der Waals surface area contributed by atoms with E-state index in [0.717, 1.165) is 18.8 Å². The zero-order chi connectivity index (χ0) is 9.80. The van der Waals surface area contributed by atoms with E-state index in [9.17, 15) is 0 Å². The molecule has 0 spiro atoms. The predicted octanol–water partition coefficient (Wildman–Crippen LogP) is 1.77. The Bertz CT molecular complexity index is 252. The lowest BCUT2D eigenvalue weighted by molar-refractivity contribution is 0.150. The van der Waals surface area contributed by atoms with Crippen LogP contribution in [0.2, 0.25) is 0 Å². The van der Waals surface area contributed by atoms with Gasteiger partial charge in [0.1, 0.15) is 5.76 Å². The van der Waals surface area contributed by atoms with E-state index < -0.39 is 0 Å². The minimum absolute atomic E-state index is 0.283. The summed E-state index contributed by atoms with van der Waals surface area (Å²) in [7, 11) is 0. The van der Waals surface area contributed by atoms with Gasteiger partial charge >= 0.3 is 0 Å². The number of rotatable bonds is 3. The van der Waals surface area contributed by atoms with Gasteiger partial charge in [0.2, 0.25) is 0 Å². The fraction of sp³-hybridized carbons (Fsp3) is 0.636. The van der Waals surface area contributed by atoms with Crippen molar-refractivity contribution < 1.29 is 4.42 Å². The van der Waals surface area contributed by atoms with E-state index in [2.05, 4.69) is 4.90 Å². The number of hydrogen-bond donors (Lipinski definition) is 1. The summed E-state index contributed by atoms with van der Waals surface area (Å²) in [5.41, 5.74) is 5.79. The summed E-state index contributed by atoms with van der Waals surface area (Å²) in [6, 6.07) is 4.24. The fourth-order valence-electron chi connectivity index (χ4n) is 2.16. The molecule has 0 amide bonds. The Morgan fingerprint density at radius 3 is 2.71 bits per heavy atom. The second-order valence-electron chi connectivity index (χ2n) is 3.86. The van der Waals surface area contributed by atoms with Crippen LogP contribution in [-0.2, 0) is 0 Å². The summed E-state index contributed by atoms with van der Waals surface area (Å²) >= 11 is 0. The van der Waals surface area contributed by atoms with Crippen LogP contribution in [0.4, 0.5) is 0 Å². The lowest BCUT2D eigenvalue weighted by Gasteiger charge is -2.32. The smallest absolute Gasteiger partial charge is 0.122 e. The van der Waals surface area contributed by atoms with Gasteiger partial charge in [0.15, 0.2) is 0 Å². The lowest BCUT2D eigenvalue weighted by Crippen LogP contribution is -2.37. The average molecular weight is 194 g/mol. The minimum atomic E-state index is 0.283. The van der Waals surface area contributed by atoms with Crippen molar-refractivity contribution in [3.05, 3.63) is 24.2 Å². The van der Waals surface area contributed by atoms with Gasteiger partial charge in [-0.1, -0.05) is 6.42 Å². The third-order valence-electron chi connectivity index (χ3n) is 2.93. The van der Waals surface area contributed by atoms with Gasteiger partial charge < -0.3 is 10.2 Å². The number of hydrogen-bond acceptors (Lipinski definition) is 3.